The SMILES string of the molecule is CC(O)[C@@H]1C(=S)N2C(C(=O)[O-])=C(CCO)S[C@H]12.[K+]. The third-order valence-electron chi connectivity index (χ3n) is 2.90. The quantitative estimate of drug-likeness (QED) is 0.405. The standard InChI is InChI=1S/C10H13NO4S2.K/c1-4(13)6-8(16)11-7(10(14)15)5(2-3-12)17-9(6)11;/h4,6,9,12-13H,2-3H2,1H3,(H,14,15);/q;+1/p-1/t4?,6-,9-;/m1./s1. The van der Waals surface area contributed by atoms with Crippen molar-refractivity contribution < 1.29 is 71.5 Å². The van der Waals surface area contributed by atoms with Gasteiger partial charge in [0.15, 0.2) is 0 Å². The zero-order valence-corrected chi connectivity index (χ0v) is 14.9. The Morgan fingerprint density at radius 2 is 2.28 bits per heavy atom. The minimum Gasteiger partial charge on any atom is -0.543 e. The molecule has 1 saturated heterocycles. The van der Waals surface area contributed by atoms with Gasteiger partial charge in [-0.25, -0.2) is 0 Å². The van der Waals surface area contributed by atoms with Gasteiger partial charge in [-0.3, -0.25) is 0 Å². The Kier molecular flexibility index (Phi) is 6.29. The Balaban J connectivity index is 0.00000162. The fourth-order valence-corrected chi connectivity index (χ4v) is 4.43. The van der Waals surface area contributed by atoms with E-state index in [0.717, 1.165) is 0 Å². The van der Waals surface area contributed by atoms with E-state index in [1.165, 1.54) is 16.7 Å². The van der Waals surface area contributed by atoms with E-state index in [2.05, 4.69) is 0 Å². The zero-order valence-electron chi connectivity index (χ0n) is 10.1. The molecule has 3 atom stereocenters. The van der Waals surface area contributed by atoms with Crippen molar-refractivity contribution in [3.8, 4) is 0 Å². The van der Waals surface area contributed by atoms with Gasteiger partial charge in [-0.15, -0.1) is 11.8 Å². The average molecular weight is 313 g/mol. The van der Waals surface area contributed by atoms with Gasteiger partial charge in [-0.1, -0.05) is 12.2 Å². The number of carbonyl (C=O) groups is 1. The van der Waals surface area contributed by atoms with Crippen molar-refractivity contribution in [3.63, 3.8) is 0 Å². The summed E-state index contributed by atoms with van der Waals surface area (Å²) < 4.78 is 0. The van der Waals surface area contributed by atoms with E-state index >= 15 is 0 Å². The van der Waals surface area contributed by atoms with Gasteiger partial charge in [0.1, 0.15) is 0 Å². The summed E-state index contributed by atoms with van der Waals surface area (Å²) in [6.07, 6.45) is -0.330. The second-order valence-electron chi connectivity index (χ2n) is 4.02. The van der Waals surface area contributed by atoms with Gasteiger partial charge in [-0.05, 0) is 6.92 Å². The van der Waals surface area contributed by atoms with Gasteiger partial charge in [0.25, 0.3) is 0 Å². The molecule has 0 spiro atoms. The van der Waals surface area contributed by atoms with E-state index in [9.17, 15) is 15.0 Å². The van der Waals surface area contributed by atoms with Crippen LogP contribution in [0.15, 0.2) is 10.6 Å². The molecule has 2 N–H and O–H groups in total. The van der Waals surface area contributed by atoms with Crippen molar-refractivity contribution in [1.82, 2.24) is 4.90 Å². The van der Waals surface area contributed by atoms with Gasteiger partial charge >= 0.3 is 51.4 Å². The first-order valence-corrected chi connectivity index (χ1v) is 6.51. The molecule has 94 valence electrons. The van der Waals surface area contributed by atoms with Crippen LogP contribution in [0.4, 0.5) is 0 Å². The van der Waals surface area contributed by atoms with E-state index < -0.39 is 12.1 Å². The number of nitrogens with zero attached hydrogens (tertiary/aromatic N) is 1. The second-order valence-corrected chi connectivity index (χ2v) is 5.65. The maximum atomic E-state index is 11.1. The number of fused-ring (bicyclic) bond motifs is 1. The smallest absolute Gasteiger partial charge is 0.543 e. The summed E-state index contributed by atoms with van der Waals surface area (Å²) in [5.41, 5.74) is 0.0518. The molecule has 5 nitrogen and oxygen atoms in total. The molecule has 1 fully saturated rings. The number of hydrogen-bond donors (Lipinski definition) is 2. The van der Waals surface area contributed by atoms with Crippen LogP contribution < -0.4 is 56.5 Å². The molecule has 18 heavy (non-hydrogen) atoms. The summed E-state index contributed by atoms with van der Waals surface area (Å²) in [5.74, 6) is -1.49. The second kappa shape index (κ2) is 6.64. The number of carboxylic acids is 1. The molecule has 0 aliphatic carbocycles. The zero-order chi connectivity index (χ0) is 12.7. The Hall–Kier alpha value is 1.01. The van der Waals surface area contributed by atoms with E-state index in [1.54, 1.807) is 6.92 Å². The normalized spacial score (nSPS) is 27.5. The van der Waals surface area contributed by atoms with Crippen molar-refractivity contribution in [2.24, 2.45) is 5.92 Å². The number of carbonyl (C=O) groups excluding carboxylic acids is 1. The van der Waals surface area contributed by atoms with E-state index in [4.69, 9.17) is 17.3 Å². The van der Waals surface area contributed by atoms with E-state index in [0.29, 0.717) is 9.89 Å². The maximum Gasteiger partial charge on any atom is 1.00 e. The first-order chi connectivity index (χ1) is 7.99. The van der Waals surface area contributed by atoms with Crippen LogP contribution in [0.5, 0.6) is 0 Å². The fraction of sp³-hybridized carbons (Fsp3) is 0.600. The number of thiocarbonyl (C=S) groups is 1. The van der Waals surface area contributed by atoms with Crippen molar-refractivity contribution in [2.45, 2.75) is 24.8 Å². The van der Waals surface area contributed by atoms with Crippen LogP contribution in [0, 0.1) is 5.92 Å². The minimum absolute atomic E-state index is 0. The average Bonchev–Trinajstić information content (AvgIpc) is 2.53. The van der Waals surface area contributed by atoms with Gasteiger partial charge in [-0.2, -0.15) is 0 Å². The molecule has 0 amide bonds. The first-order valence-electron chi connectivity index (χ1n) is 5.22. The molecule has 2 aliphatic heterocycles. The van der Waals surface area contributed by atoms with Crippen molar-refractivity contribution in [2.75, 3.05) is 6.61 Å². The number of carboxylic acid groups (broad SMARTS) is 1. The number of thioether (sulfide) groups is 1. The Bertz CT molecular complexity index is 413. The van der Waals surface area contributed by atoms with Crippen LogP contribution in [-0.2, 0) is 4.79 Å². The van der Waals surface area contributed by atoms with Crippen LogP contribution in [0.2, 0.25) is 0 Å². The van der Waals surface area contributed by atoms with Crippen LogP contribution in [0.3, 0.4) is 0 Å². The fourth-order valence-electron chi connectivity index (χ4n) is 2.12. The molecule has 0 radical (unpaired) electrons. The number of rotatable bonds is 4. The first kappa shape index (κ1) is 17.1. The largest absolute Gasteiger partial charge is 1.00 e. The third kappa shape index (κ3) is 2.72. The third-order valence-corrected chi connectivity index (χ3v) is 4.80. The maximum absolute atomic E-state index is 11.1. The molecular formula is C10H12KNO4S2. The molecule has 2 aliphatic rings. The number of aliphatic hydroxyl groups is 2. The molecular weight excluding hydrogens is 301 g/mol. The summed E-state index contributed by atoms with van der Waals surface area (Å²) in [5, 5.41) is 29.4. The molecule has 0 aromatic heterocycles. The van der Waals surface area contributed by atoms with Crippen molar-refractivity contribution >= 4 is 34.9 Å². The van der Waals surface area contributed by atoms with Crippen LogP contribution in [-0.4, -0.2) is 44.2 Å². The summed E-state index contributed by atoms with van der Waals surface area (Å²) in [6.45, 7) is 1.52. The van der Waals surface area contributed by atoms with Gasteiger partial charge in [0, 0.05) is 17.9 Å². The number of aliphatic hydroxyl groups excluding tert-OH is 2. The Labute approximate surface area is 157 Å². The molecule has 8 heteroatoms. The summed E-state index contributed by atoms with van der Waals surface area (Å²) in [4.78, 5) is 13.6. The summed E-state index contributed by atoms with van der Waals surface area (Å²) in [6, 6.07) is 0. The molecule has 0 bridgehead atoms. The van der Waals surface area contributed by atoms with E-state index in [1.807, 2.05) is 0 Å². The molecule has 0 saturated carbocycles. The number of aliphatic carboxylic acids is 1. The van der Waals surface area contributed by atoms with Crippen LogP contribution >= 0.6 is 24.0 Å². The van der Waals surface area contributed by atoms with E-state index in [-0.39, 0.29) is 81.4 Å². The van der Waals surface area contributed by atoms with Gasteiger partial charge in [0.05, 0.1) is 34.1 Å². The summed E-state index contributed by atoms with van der Waals surface area (Å²) >= 11 is 6.46. The molecule has 0 aromatic rings. The predicted octanol–water partition coefficient (Wildman–Crippen LogP) is -3.95. The monoisotopic (exact) mass is 313 g/mol. The van der Waals surface area contributed by atoms with Crippen LogP contribution in [0.1, 0.15) is 13.3 Å². The van der Waals surface area contributed by atoms with Crippen molar-refractivity contribution in [3.05, 3.63) is 10.6 Å². The molecule has 0 aromatic carbocycles. The van der Waals surface area contributed by atoms with Gasteiger partial charge < -0.3 is 25.0 Å². The Morgan fingerprint density at radius 1 is 1.67 bits per heavy atom. The predicted molar refractivity (Wildman–Crippen MR) is 64.7 cm³/mol. The Morgan fingerprint density at radius 3 is 2.72 bits per heavy atom. The van der Waals surface area contributed by atoms with Crippen molar-refractivity contribution in [1.29, 1.82) is 0 Å². The molecule has 1 unspecified atom stereocenters. The number of hydrogen-bond acceptors (Lipinski definition) is 6. The van der Waals surface area contributed by atoms with Crippen LogP contribution in [0.25, 0.3) is 0 Å². The summed E-state index contributed by atoms with van der Waals surface area (Å²) in [7, 11) is 0. The minimum atomic E-state index is -1.28. The topological polar surface area (TPSA) is 83.8 Å². The molecule has 2 rings (SSSR count). The van der Waals surface area contributed by atoms with Gasteiger partial charge in [0.2, 0.25) is 0 Å². The molecule has 2 heterocycles.